The van der Waals surface area contributed by atoms with Crippen molar-refractivity contribution in [1.82, 2.24) is 19.0 Å². The van der Waals surface area contributed by atoms with Gasteiger partial charge in [0, 0.05) is 104 Å². The molecule has 9 rings (SSSR count). The molecule has 3 aromatic carbocycles. The Kier molecular flexibility index (Phi) is 16.1. The van der Waals surface area contributed by atoms with Crippen molar-refractivity contribution in [2.24, 2.45) is 0 Å². The molecule has 3 fully saturated rings. The van der Waals surface area contributed by atoms with Gasteiger partial charge in [0.15, 0.2) is 0 Å². The van der Waals surface area contributed by atoms with Gasteiger partial charge in [-0.3, -0.25) is 62.3 Å². The number of carbonyl (C=O) groups is 1. The van der Waals surface area contributed by atoms with Crippen LogP contribution in [0.5, 0.6) is 0 Å². The lowest BCUT2D eigenvalue weighted by Crippen LogP contribution is -2.31. The number of nitro benzene ring substituents is 3. The number of nitro groups is 3. The number of phosphoric acid groups is 3. The maximum atomic E-state index is 14.0. The molecule has 6 aromatic rings. The monoisotopic (exact) mass is 1120 g/mol. The van der Waals surface area contributed by atoms with Crippen molar-refractivity contribution in [3.8, 4) is 0 Å². The number of nitrogens with zero attached hydrogens (tertiary/aromatic N) is 6. The smallest absolute Gasteiger partial charge is 0.356 e. The van der Waals surface area contributed by atoms with Crippen LogP contribution in [-0.2, 0) is 59.8 Å². The van der Waals surface area contributed by atoms with E-state index in [0.29, 0.717) is 32.7 Å². The number of carbonyl (C=O) groups excluding carboxylic acids is 1. The molecule has 3 aliphatic rings. The van der Waals surface area contributed by atoms with Crippen LogP contribution in [0.3, 0.4) is 0 Å². The zero-order valence-corrected chi connectivity index (χ0v) is 42.8. The summed E-state index contributed by atoms with van der Waals surface area (Å²) in [4.78, 5) is 77.0. The van der Waals surface area contributed by atoms with Gasteiger partial charge in [-0.15, -0.1) is 0 Å². The lowest BCUT2D eigenvalue weighted by molar-refractivity contribution is -0.384. The van der Waals surface area contributed by atoms with Crippen LogP contribution in [0, 0.1) is 30.3 Å². The Morgan fingerprint density at radius 3 is 1.37 bits per heavy atom. The minimum absolute atomic E-state index is 0.0560. The Balaban J connectivity index is 0.901. The summed E-state index contributed by atoms with van der Waals surface area (Å²) < 4.78 is 97.1. The highest BCUT2D eigenvalue weighted by molar-refractivity contribution is 7.48. The van der Waals surface area contributed by atoms with Gasteiger partial charge in [-0.25, -0.2) is 13.7 Å². The molecule has 0 saturated carbocycles. The number of hydrogen-bond acceptors (Lipinski definition) is 19. The summed E-state index contributed by atoms with van der Waals surface area (Å²) in [5.41, 5.74) is 1.07. The molecular weight excluding hydrogens is 1070 g/mol. The Morgan fingerprint density at radius 1 is 0.605 bits per heavy atom. The molecule has 0 bridgehead atoms. The van der Waals surface area contributed by atoms with E-state index >= 15 is 0 Å². The standard InChI is InChI=1S/C44H50N7O22P3/c1-26-37(21-42(68-26)46-14-10-28-18-31(49(53)54)4-7-34(28)46)71-75(61,62)66-24-41-39(23-44(70-41)48-16-12-30-20-33(51(57)58)6-9-36(30)48)73-76(63,64)67-25-40-38(72-74(59,60)65-17-3-13-45-27(2)52)22-43(69-40)47-15-11-29-19-32(50(55)56)5-8-35(29)47/h4-12,14-16,18-20,26,37-44H,3,13,17,21-25H2,1-2H3,(H,45,52)(H,59,60)(H,61,62)(H,63,64). The number of non-ortho nitro benzene ring substituents is 3. The van der Waals surface area contributed by atoms with Gasteiger partial charge in [0.2, 0.25) is 5.91 Å². The van der Waals surface area contributed by atoms with Crippen LogP contribution in [0.2, 0.25) is 0 Å². The number of rotatable bonds is 23. The van der Waals surface area contributed by atoms with Crippen LogP contribution in [0.4, 0.5) is 17.1 Å². The lowest BCUT2D eigenvalue weighted by Gasteiger charge is -2.25. The third kappa shape index (κ3) is 12.6. The fraction of sp³-hybridized carbons (Fsp3) is 0.432. The largest absolute Gasteiger partial charge is 0.472 e. The molecule has 4 N–H and O–H groups in total. The van der Waals surface area contributed by atoms with Gasteiger partial charge in [-0.1, -0.05) is 0 Å². The first-order chi connectivity index (χ1) is 36.0. The average Bonchev–Trinajstić information content (AvgIpc) is 4.24. The number of nitrogens with one attached hydrogen (secondary N) is 1. The van der Waals surface area contributed by atoms with E-state index < -0.39 is 107 Å². The summed E-state index contributed by atoms with van der Waals surface area (Å²) in [5.74, 6) is -0.323. The molecule has 32 heteroatoms. The first kappa shape index (κ1) is 54.9. The first-order valence-electron chi connectivity index (χ1n) is 23.4. The topological polar surface area (TPSA) is 368 Å². The molecule has 12 unspecified atom stereocenters. The highest BCUT2D eigenvalue weighted by Gasteiger charge is 2.47. The SMILES string of the molecule is CC(=O)NCCCOP(=O)(O)OC1CC(n2ccc3cc([N+](=O)[O-])ccc32)OC1COP(=O)(O)OC1CC(n2ccc3cc([N+](=O)[O-])ccc32)OC1COP(=O)(O)OC1CC(n2ccc3cc([N+](=O)[O-])ccc32)OC1C. The molecule has 0 spiro atoms. The number of benzene rings is 3. The predicted octanol–water partition coefficient (Wildman–Crippen LogP) is 7.59. The van der Waals surface area contributed by atoms with Crippen molar-refractivity contribution < 1.29 is 89.3 Å². The van der Waals surface area contributed by atoms with E-state index in [-0.39, 0.29) is 61.8 Å². The number of hydrogen-bond donors (Lipinski definition) is 4. The molecule has 0 radical (unpaired) electrons. The van der Waals surface area contributed by atoms with E-state index in [9.17, 15) is 63.5 Å². The maximum absolute atomic E-state index is 14.0. The molecule has 29 nitrogen and oxygen atoms in total. The molecule has 3 aromatic heterocycles. The summed E-state index contributed by atoms with van der Waals surface area (Å²) in [6.45, 7) is 1.17. The lowest BCUT2D eigenvalue weighted by atomic mass is 10.2. The molecule has 76 heavy (non-hydrogen) atoms. The van der Waals surface area contributed by atoms with E-state index in [2.05, 4.69) is 5.32 Å². The second-order valence-electron chi connectivity index (χ2n) is 18.0. The number of ether oxygens (including phenoxy) is 3. The van der Waals surface area contributed by atoms with Gasteiger partial charge in [0.1, 0.15) is 43.1 Å². The molecule has 12 atom stereocenters. The minimum atomic E-state index is -5.24. The molecular formula is C44H50N7O22P3. The summed E-state index contributed by atoms with van der Waals surface area (Å²) in [5, 5.41) is 38.3. The molecule has 1 amide bonds. The molecule has 6 heterocycles. The van der Waals surface area contributed by atoms with E-state index in [1.165, 1.54) is 55.5 Å². The Bertz CT molecular complexity index is 3330. The second-order valence-corrected chi connectivity index (χ2v) is 22.2. The maximum Gasteiger partial charge on any atom is 0.472 e. The summed E-state index contributed by atoms with van der Waals surface area (Å²) >= 11 is 0. The van der Waals surface area contributed by atoms with Crippen molar-refractivity contribution in [2.75, 3.05) is 26.4 Å². The molecule has 3 aliphatic heterocycles. The first-order valence-corrected chi connectivity index (χ1v) is 27.9. The Labute approximate surface area is 429 Å². The van der Waals surface area contributed by atoms with E-state index in [1.807, 2.05) is 0 Å². The Hall–Kier alpha value is -5.84. The summed E-state index contributed by atoms with van der Waals surface area (Å²) in [6, 6.07) is 17.3. The van der Waals surface area contributed by atoms with Crippen LogP contribution < -0.4 is 5.32 Å². The van der Waals surface area contributed by atoms with Crippen molar-refractivity contribution in [1.29, 1.82) is 0 Å². The van der Waals surface area contributed by atoms with Gasteiger partial charge < -0.3 is 47.9 Å². The molecule has 0 aliphatic carbocycles. The number of aromatic nitrogens is 3. The van der Waals surface area contributed by atoms with Crippen molar-refractivity contribution >= 4 is 79.1 Å². The van der Waals surface area contributed by atoms with Gasteiger partial charge in [0.25, 0.3) is 17.1 Å². The highest BCUT2D eigenvalue weighted by Crippen LogP contribution is 2.54. The van der Waals surface area contributed by atoms with Crippen LogP contribution >= 0.6 is 23.5 Å². The van der Waals surface area contributed by atoms with Gasteiger partial charge in [-0.05, 0) is 49.7 Å². The number of amides is 1. The van der Waals surface area contributed by atoms with E-state index in [0.717, 1.165) is 0 Å². The average molecular weight is 1120 g/mol. The van der Waals surface area contributed by atoms with Crippen molar-refractivity contribution in [2.45, 2.75) is 94.8 Å². The van der Waals surface area contributed by atoms with Crippen LogP contribution in [-0.4, -0.2) is 112 Å². The highest BCUT2D eigenvalue weighted by atomic mass is 31.2. The van der Waals surface area contributed by atoms with Gasteiger partial charge in [0.05, 0.1) is 63.3 Å². The second kappa shape index (κ2) is 22.3. The van der Waals surface area contributed by atoms with Crippen molar-refractivity contribution in [3.63, 3.8) is 0 Å². The van der Waals surface area contributed by atoms with E-state index in [4.69, 9.17) is 41.4 Å². The van der Waals surface area contributed by atoms with Crippen LogP contribution in [0.15, 0.2) is 91.4 Å². The van der Waals surface area contributed by atoms with E-state index in [1.54, 1.807) is 63.5 Å². The third-order valence-electron chi connectivity index (χ3n) is 12.9. The Morgan fingerprint density at radius 2 is 0.974 bits per heavy atom. The zero-order chi connectivity index (χ0) is 54.3. The quantitative estimate of drug-likeness (QED) is 0.0208. The fourth-order valence-corrected chi connectivity index (χ4v) is 12.3. The summed E-state index contributed by atoms with van der Waals surface area (Å²) in [7, 11) is -15.1. The number of fused-ring (bicyclic) bond motifs is 3. The zero-order valence-electron chi connectivity index (χ0n) is 40.1. The minimum Gasteiger partial charge on any atom is -0.356 e. The van der Waals surface area contributed by atoms with Crippen molar-refractivity contribution in [3.05, 3.63) is 122 Å². The third-order valence-corrected chi connectivity index (χ3v) is 16.0. The molecule has 408 valence electrons. The van der Waals surface area contributed by atoms with Gasteiger partial charge >= 0.3 is 23.5 Å². The van der Waals surface area contributed by atoms with Gasteiger partial charge in [-0.2, -0.15) is 0 Å². The van der Waals surface area contributed by atoms with Crippen LogP contribution in [0.25, 0.3) is 32.7 Å². The normalized spacial score (nSPS) is 26.1. The summed E-state index contributed by atoms with van der Waals surface area (Å²) in [6.07, 6.45) is -5.44. The predicted molar refractivity (Wildman–Crippen MR) is 262 cm³/mol. The fourth-order valence-electron chi connectivity index (χ4n) is 9.36. The molecule has 3 saturated heterocycles. The van der Waals surface area contributed by atoms with Crippen LogP contribution in [0.1, 0.15) is 58.2 Å². The number of phosphoric ester groups is 3.